The Kier molecular flexibility index (Phi) is 7.21. The summed E-state index contributed by atoms with van der Waals surface area (Å²) in [4.78, 5) is 0.208. The van der Waals surface area contributed by atoms with E-state index in [1.54, 1.807) is 49.4 Å². The Bertz CT molecular complexity index is 764. The van der Waals surface area contributed by atoms with Crippen molar-refractivity contribution in [2.24, 2.45) is 0 Å². The highest BCUT2D eigenvalue weighted by Gasteiger charge is 2.22. The first kappa shape index (κ1) is 18.6. The first-order chi connectivity index (χ1) is 10.9. The normalized spacial score (nSPS) is 12.3. The van der Waals surface area contributed by atoms with Gasteiger partial charge < -0.3 is 0 Å². The fourth-order valence-electron chi connectivity index (χ4n) is 1.74. The quantitative estimate of drug-likeness (QED) is 0.568. The lowest BCUT2D eigenvalue weighted by atomic mass is 10.2. The molecule has 0 fully saturated rings. The highest BCUT2D eigenvalue weighted by molar-refractivity contribution is 7.89. The molecule has 0 amide bonds. The van der Waals surface area contributed by atoms with Crippen LogP contribution in [0, 0.1) is 29.6 Å². The number of nitrogens with zero attached hydrogens (tertiary/aromatic N) is 3. The van der Waals surface area contributed by atoms with Gasteiger partial charge in [0, 0.05) is 18.7 Å². The van der Waals surface area contributed by atoms with Crippen LogP contribution in [0.5, 0.6) is 0 Å². The summed E-state index contributed by atoms with van der Waals surface area (Å²) in [6.07, 6.45) is 5.07. The van der Waals surface area contributed by atoms with Gasteiger partial charge in [-0.15, -0.1) is 0 Å². The van der Waals surface area contributed by atoms with Gasteiger partial charge in [-0.2, -0.15) is 14.8 Å². The Balaban J connectivity index is 3.08. The minimum Gasteiger partial charge on any atom is -0.207 e. The largest absolute Gasteiger partial charge is 0.243 e. The standard InChI is InChI=1S/C17H19N3O2S/c1-15-6-8-17(9-7-15)23(21,22)20(12-5-3-4-11-18)13-10-16(2)14-19/h3,5-10H,4,12-13H2,1-2H3/b5-3+,16-10+. The summed E-state index contributed by atoms with van der Waals surface area (Å²) in [7, 11) is -3.66. The Morgan fingerprint density at radius 2 is 1.83 bits per heavy atom. The van der Waals surface area contributed by atoms with Crippen molar-refractivity contribution in [3.63, 3.8) is 0 Å². The molecule has 0 aliphatic carbocycles. The zero-order valence-electron chi connectivity index (χ0n) is 13.2. The van der Waals surface area contributed by atoms with E-state index in [0.717, 1.165) is 5.56 Å². The third kappa shape index (κ3) is 5.71. The van der Waals surface area contributed by atoms with Crippen LogP contribution in [0.25, 0.3) is 0 Å². The molecule has 0 aliphatic rings. The zero-order valence-corrected chi connectivity index (χ0v) is 14.0. The number of rotatable bonds is 7. The Hall–Kier alpha value is -2.41. The van der Waals surface area contributed by atoms with Gasteiger partial charge >= 0.3 is 0 Å². The molecule has 23 heavy (non-hydrogen) atoms. The van der Waals surface area contributed by atoms with Crippen molar-refractivity contribution in [2.75, 3.05) is 13.1 Å². The van der Waals surface area contributed by atoms with Crippen LogP contribution in [0.15, 0.2) is 53.0 Å². The van der Waals surface area contributed by atoms with Gasteiger partial charge in [-0.1, -0.05) is 35.9 Å². The second kappa shape index (κ2) is 8.89. The number of hydrogen-bond donors (Lipinski definition) is 0. The SMILES string of the molecule is C/C(C#N)=C\CN(C/C=C/CC#N)S(=O)(=O)c1ccc(C)cc1. The van der Waals surface area contributed by atoms with E-state index in [1.807, 2.05) is 19.1 Å². The van der Waals surface area contributed by atoms with E-state index in [9.17, 15) is 8.42 Å². The fraction of sp³-hybridized carbons (Fsp3) is 0.294. The first-order valence-electron chi connectivity index (χ1n) is 7.07. The molecule has 0 heterocycles. The molecule has 0 N–H and O–H groups in total. The minimum absolute atomic E-state index is 0.104. The van der Waals surface area contributed by atoms with E-state index >= 15 is 0 Å². The highest BCUT2D eigenvalue weighted by atomic mass is 32.2. The Morgan fingerprint density at radius 1 is 1.17 bits per heavy atom. The lowest BCUT2D eigenvalue weighted by Crippen LogP contribution is -2.31. The van der Waals surface area contributed by atoms with Gasteiger partial charge in [-0.05, 0) is 26.0 Å². The summed E-state index contributed by atoms with van der Waals surface area (Å²) in [5, 5.41) is 17.3. The van der Waals surface area contributed by atoms with Gasteiger partial charge in [0.1, 0.15) is 0 Å². The second-order valence-electron chi connectivity index (χ2n) is 4.97. The summed E-state index contributed by atoms with van der Waals surface area (Å²) in [6.45, 7) is 3.76. The molecule has 1 aromatic rings. The summed E-state index contributed by atoms with van der Waals surface area (Å²) in [5.41, 5.74) is 1.43. The molecular weight excluding hydrogens is 310 g/mol. The molecule has 1 rings (SSSR count). The first-order valence-corrected chi connectivity index (χ1v) is 8.51. The average Bonchev–Trinajstić information content (AvgIpc) is 2.54. The lowest BCUT2D eigenvalue weighted by Gasteiger charge is -2.19. The molecule has 0 spiro atoms. The molecule has 120 valence electrons. The number of sulfonamides is 1. The molecule has 0 atom stereocenters. The van der Waals surface area contributed by atoms with Crippen LogP contribution >= 0.6 is 0 Å². The highest BCUT2D eigenvalue weighted by Crippen LogP contribution is 2.16. The minimum atomic E-state index is -3.66. The molecule has 0 aliphatic heterocycles. The van der Waals surface area contributed by atoms with Crippen LogP contribution < -0.4 is 0 Å². The van der Waals surface area contributed by atoms with Gasteiger partial charge in [0.2, 0.25) is 10.0 Å². The molecule has 0 saturated heterocycles. The molecule has 6 heteroatoms. The Morgan fingerprint density at radius 3 is 2.39 bits per heavy atom. The van der Waals surface area contributed by atoms with Crippen molar-refractivity contribution in [1.29, 1.82) is 10.5 Å². The van der Waals surface area contributed by atoms with Gasteiger partial charge in [0.05, 0.1) is 23.5 Å². The van der Waals surface area contributed by atoms with Crippen molar-refractivity contribution < 1.29 is 8.42 Å². The fourth-order valence-corrected chi connectivity index (χ4v) is 3.07. The van der Waals surface area contributed by atoms with E-state index < -0.39 is 10.0 Å². The molecule has 0 radical (unpaired) electrons. The molecular formula is C17H19N3O2S. The van der Waals surface area contributed by atoms with Crippen LogP contribution in [0.3, 0.4) is 0 Å². The molecule has 0 aromatic heterocycles. The average molecular weight is 329 g/mol. The maximum Gasteiger partial charge on any atom is 0.243 e. The number of benzene rings is 1. The number of hydrogen-bond acceptors (Lipinski definition) is 4. The van der Waals surface area contributed by atoms with Crippen molar-refractivity contribution in [3.05, 3.63) is 53.6 Å². The summed E-state index contributed by atoms with van der Waals surface area (Å²) >= 11 is 0. The lowest BCUT2D eigenvalue weighted by molar-refractivity contribution is 0.473. The molecule has 0 unspecified atom stereocenters. The summed E-state index contributed by atoms with van der Waals surface area (Å²) in [5.74, 6) is 0. The Labute approximate surface area is 137 Å². The van der Waals surface area contributed by atoms with E-state index in [0.29, 0.717) is 5.57 Å². The van der Waals surface area contributed by atoms with Crippen LogP contribution in [0.2, 0.25) is 0 Å². The van der Waals surface area contributed by atoms with Gasteiger partial charge in [-0.25, -0.2) is 8.42 Å². The third-order valence-electron chi connectivity index (χ3n) is 3.12. The van der Waals surface area contributed by atoms with E-state index in [2.05, 4.69) is 0 Å². The van der Waals surface area contributed by atoms with E-state index in [1.165, 1.54) is 4.31 Å². The van der Waals surface area contributed by atoms with E-state index in [-0.39, 0.29) is 24.4 Å². The predicted octanol–water partition coefficient (Wildman–Crippen LogP) is 2.93. The van der Waals surface area contributed by atoms with Gasteiger partial charge in [-0.3, -0.25) is 0 Å². The van der Waals surface area contributed by atoms with Crippen molar-refractivity contribution in [2.45, 2.75) is 25.2 Å². The summed E-state index contributed by atoms with van der Waals surface area (Å²) in [6, 6.07) is 10.6. The van der Waals surface area contributed by atoms with Gasteiger partial charge in [0.25, 0.3) is 0 Å². The molecule has 0 saturated carbocycles. The monoisotopic (exact) mass is 329 g/mol. The third-order valence-corrected chi connectivity index (χ3v) is 4.97. The van der Waals surface area contributed by atoms with Crippen molar-refractivity contribution in [3.8, 4) is 12.1 Å². The van der Waals surface area contributed by atoms with Crippen LogP contribution in [-0.4, -0.2) is 25.8 Å². The summed E-state index contributed by atoms with van der Waals surface area (Å²) < 4.78 is 26.7. The predicted molar refractivity (Wildman–Crippen MR) is 88.7 cm³/mol. The zero-order chi connectivity index (χ0) is 17.3. The van der Waals surface area contributed by atoms with Gasteiger partial charge in [0.15, 0.2) is 0 Å². The molecule has 5 nitrogen and oxygen atoms in total. The van der Waals surface area contributed by atoms with E-state index in [4.69, 9.17) is 10.5 Å². The number of aryl methyl sites for hydroxylation is 1. The van der Waals surface area contributed by atoms with Crippen LogP contribution in [-0.2, 0) is 10.0 Å². The van der Waals surface area contributed by atoms with Crippen LogP contribution in [0.4, 0.5) is 0 Å². The van der Waals surface area contributed by atoms with Crippen molar-refractivity contribution >= 4 is 10.0 Å². The molecule has 0 bridgehead atoms. The van der Waals surface area contributed by atoms with Crippen LogP contribution in [0.1, 0.15) is 18.9 Å². The topological polar surface area (TPSA) is 85.0 Å². The second-order valence-corrected chi connectivity index (χ2v) is 6.91. The smallest absolute Gasteiger partial charge is 0.207 e. The maximum atomic E-state index is 12.7. The molecule has 1 aromatic carbocycles. The maximum absolute atomic E-state index is 12.7. The number of allylic oxidation sites excluding steroid dienone is 2. The van der Waals surface area contributed by atoms with Crippen molar-refractivity contribution in [1.82, 2.24) is 4.31 Å². The number of nitriles is 2.